The lowest BCUT2D eigenvalue weighted by molar-refractivity contribution is -0.274. The SMILES string of the molecule is CN=c1scc(-c2ccc(OC(F)(F)F)cc2)n1CCCNC.COCC=O.O=Cc1cc(NCCO)ccn1. The number of methoxy groups -OCH3 is 1. The van der Waals surface area contributed by atoms with Crippen LogP contribution in [-0.4, -0.2) is 81.1 Å². The molecule has 3 rings (SSSR count). The molecule has 0 bridgehead atoms. The second kappa shape index (κ2) is 19.5. The topological polar surface area (TPSA) is 127 Å². The molecule has 0 aliphatic carbocycles. The molecular weight excluding hydrogens is 551 g/mol. The number of carbonyl (C=O) groups excluding carboxylic acids is 2. The van der Waals surface area contributed by atoms with Gasteiger partial charge in [0, 0.05) is 44.5 Å². The number of rotatable bonds is 12. The number of carbonyl (C=O) groups is 2. The highest BCUT2D eigenvalue weighted by molar-refractivity contribution is 7.07. The minimum Gasteiger partial charge on any atom is -0.406 e. The molecule has 10 nitrogen and oxygen atoms in total. The zero-order chi connectivity index (χ0) is 29.8. The van der Waals surface area contributed by atoms with Gasteiger partial charge in [0.15, 0.2) is 11.1 Å². The number of aliphatic hydroxyl groups is 1. The zero-order valence-corrected chi connectivity index (χ0v) is 23.3. The molecule has 40 heavy (non-hydrogen) atoms. The maximum Gasteiger partial charge on any atom is 0.573 e. The largest absolute Gasteiger partial charge is 0.573 e. The van der Waals surface area contributed by atoms with Crippen molar-refractivity contribution in [2.45, 2.75) is 19.3 Å². The predicted molar refractivity (Wildman–Crippen MR) is 148 cm³/mol. The Balaban J connectivity index is 0.000000391. The van der Waals surface area contributed by atoms with E-state index < -0.39 is 6.36 Å². The van der Waals surface area contributed by atoms with Crippen LogP contribution in [0.1, 0.15) is 16.9 Å². The van der Waals surface area contributed by atoms with Crippen LogP contribution in [0.5, 0.6) is 5.75 Å². The van der Waals surface area contributed by atoms with Gasteiger partial charge in [0.1, 0.15) is 24.3 Å². The van der Waals surface area contributed by atoms with E-state index in [-0.39, 0.29) is 19.0 Å². The third-order valence-electron chi connectivity index (χ3n) is 4.76. The Hall–Kier alpha value is -3.59. The van der Waals surface area contributed by atoms with Gasteiger partial charge in [-0.25, -0.2) is 0 Å². The summed E-state index contributed by atoms with van der Waals surface area (Å²) in [6, 6.07) is 9.25. The van der Waals surface area contributed by atoms with Crippen LogP contribution in [0.2, 0.25) is 0 Å². The normalized spacial score (nSPS) is 11.0. The van der Waals surface area contributed by atoms with E-state index in [0.717, 1.165) is 41.3 Å². The van der Waals surface area contributed by atoms with Gasteiger partial charge in [-0.3, -0.25) is 14.8 Å². The summed E-state index contributed by atoms with van der Waals surface area (Å²) in [5.74, 6) is -0.224. The number of halogens is 3. The van der Waals surface area contributed by atoms with Crippen molar-refractivity contribution in [2.75, 3.05) is 52.8 Å². The van der Waals surface area contributed by atoms with Gasteiger partial charge in [-0.1, -0.05) is 0 Å². The van der Waals surface area contributed by atoms with Crippen molar-refractivity contribution in [2.24, 2.45) is 4.99 Å². The summed E-state index contributed by atoms with van der Waals surface area (Å²) in [4.78, 5) is 28.5. The van der Waals surface area contributed by atoms with Crippen LogP contribution >= 0.6 is 11.3 Å². The molecule has 3 aromatic rings. The Kier molecular flexibility index (Phi) is 16.8. The van der Waals surface area contributed by atoms with Gasteiger partial charge < -0.3 is 34.6 Å². The maximum absolute atomic E-state index is 12.2. The van der Waals surface area contributed by atoms with Gasteiger partial charge in [-0.05, 0) is 62.0 Å². The fourth-order valence-corrected chi connectivity index (χ4v) is 3.99. The third kappa shape index (κ3) is 13.5. The van der Waals surface area contributed by atoms with Gasteiger partial charge in [-0.15, -0.1) is 24.5 Å². The lowest BCUT2D eigenvalue weighted by Crippen LogP contribution is -2.19. The molecule has 0 unspecified atom stereocenters. The maximum atomic E-state index is 12.2. The summed E-state index contributed by atoms with van der Waals surface area (Å²) < 4.78 is 46.9. The Morgan fingerprint density at radius 3 is 2.42 bits per heavy atom. The van der Waals surface area contributed by atoms with Gasteiger partial charge in [0.05, 0.1) is 12.3 Å². The Morgan fingerprint density at radius 1 is 1.18 bits per heavy atom. The van der Waals surface area contributed by atoms with E-state index in [4.69, 9.17) is 5.11 Å². The van der Waals surface area contributed by atoms with Gasteiger partial charge in [0.25, 0.3) is 0 Å². The lowest BCUT2D eigenvalue weighted by atomic mass is 10.1. The number of anilines is 1. The number of ether oxygens (including phenoxy) is 2. The molecule has 3 N–H and O–H groups in total. The van der Waals surface area contributed by atoms with E-state index in [1.807, 2.05) is 12.4 Å². The summed E-state index contributed by atoms with van der Waals surface area (Å²) in [5.41, 5.74) is 2.94. The summed E-state index contributed by atoms with van der Waals surface area (Å²) in [5, 5.41) is 16.5. The molecule has 0 aliphatic rings. The van der Waals surface area contributed by atoms with Crippen LogP contribution < -0.4 is 20.2 Å². The van der Waals surface area contributed by atoms with Crippen molar-refractivity contribution in [1.29, 1.82) is 0 Å². The first kappa shape index (κ1) is 34.4. The van der Waals surface area contributed by atoms with Crippen LogP contribution in [0.3, 0.4) is 0 Å². The predicted octanol–water partition coefficient (Wildman–Crippen LogP) is 3.39. The number of thiazole rings is 1. The first-order valence-electron chi connectivity index (χ1n) is 12.0. The van der Waals surface area contributed by atoms with Crippen molar-refractivity contribution in [3.8, 4) is 17.0 Å². The summed E-state index contributed by atoms with van der Waals surface area (Å²) in [6.07, 6.45) is -0.804. The second-order valence-electron chi connectivity index (χ2n) is 7.67. The number of aromatic nitrogens is 2. The fourth-order valence-electron chi connectivity index (χ4n) is 3.08. The molecule has 0 amide bonds. The van der Waals surface area contributed by atoms with E-state index in [2.05, 4.69) is 34.7 Å². The molecule has 0 spiro atoms. The van der Waals surface area contributed by atoms with Gasteiger partial charge >= 0.3 is 6.36 Å². The molecule has 0 saturated heterocycles. The highest BCUT2D eigenvalue weighted by atomic mass is 32.1. The molecule has 0 radical (unpaired) electrons. The number of hydrogen-bond donors (Lipinski definition) is 3. The summed E-state index contributed by atoms with van der Waals surface area (Å²) in [6.45, 7) is 2.41. The van der Waals surface area contributed by atoms with Crippen molar-refractivity contribution in [1.82, 2.24) is 14.9 Å². The monoisotopic (exact) mass is 585 g/mol. The van der Waals surface area contributed by atoms with Crippen molar-refractivity contribution in [3.63, 3.8) is 0 Å². The highest BCUT2D eigenvalue weighted by Crippen LogP contribution is 2.27. The number of nitrogens with zero attached hydrogens (tertiary/aromatic N) is 3. The Labute approximate surface area is 234 Å². The average Bonchev–Trinajstić information content (AvgIpc) is 3.35. The summed E-state index contributed by atoms with van der Waals surface area (Å²) in [7, 11) is 5.10. The standard InChI is InChI=1S/C15H18F3N3OS.C8H10N2O2.C3H6O2/c1-19-8-3-9-21-13(10-23-14(21)20-2)11-4-6-12(7-5-11)22-15(16,17)18;11-4-3-10-7-1-2-9-8(5-7)6-12;1-5-3-2-4/h4-7,10,19H,3,8-9H2,1-2H3;1-2,5-6,11H,3-4H2,(H,9,10);2H,3H2,1H3. The minimum atomic E-state index is -4.68. The number of pyridine rings is 1. The fraction of sp³-hybridized carbons (Fsp3) is 0.385. The quantitative estimate of drug-likeness (QED) is 0.218. The van der Waals surface area contributed by atoms with Crippen LogP contribution in [0, 0.1) is 0 Å². The third-order valence-corrected chi connectivity index (χ3v) is 5.71. The number of aldehydes is 2. The molecule has 2 heterocycles. The highest BCUT2D eigenvalue weighted by Gasteiger charge is 2.31. The lowest BCUT2D eigenvalue weighted by Gasteiger charge is -2.11. The van der Waals surface area contributed by atoms with E-state index in [0.29, 0.717) is 24.8 Å². The molecule has 0 saturated carbocycles. The number of benzene rings is 1. The van der Waals surface area contributed by atoms with Crippen LogP contribution in [0.25, 0.3) is 11.3 Å². The van der Waals surface area contributed by atoms with Gasteiger partial charge in [-0.2, -0.15) is 0 Å². The van der Waals surface area contributed by atoms with E-state index in [9.17, 15) is 22.8 Å². The first-order chi connectivity index (χ1) is 19.2. The van der Waals surface area contributed by atoms with Crippen LogP contribution in [0.15, 0.2) is 53.0 Å². The molecule has 14 heteroatoms. The number of hydrogen-bond acceptors (Lipinski definition) is 10. The minimum absolute atomic E-state index is 0.0682. The van der Waals surface area contributed by atoms with E-state index in [1.165, 1.54) is 30.6 Å². The molecular formula is C26H34F3N5O5S. The number of aliphatic hydroxyl groups excluding tert-OH is 1. The van der Waals surface area contributed by atoms with E-state index >= 15 is 0 Å². The molecule has 2 aromatic heterocycles. The second-order valence-corrected chi connectivity index (χ2v) is 8.50. The van der Waals surface area contributed by atoms with Crippen LogP contribution in [-0.2, 0) is 16.1 Å². The van der Waals surface area contributed by atoms with E-state index in [1.54, 1.807) is 37.5 Å². The Morgan fingerprint density at radius 2 is 1.90 bits per heavy atom. The summed E-state index contributed by atoms with van der Waals surface area (Å²) >= 11 is 1.51. The van der Waals surface area contributed by atoms with Crippen molar-refractivity contribution in [3.05, 3.63) is 58.5 Å². The molecule has 0 fully saturated rings. The molecule has 0 aliphatic heterocycles. The van der Waals surface area contributed by atoms with Gasteiger partial charge in [0.2, 0.25) is 0 Å². The average molecular weight is 586 g/mol. The zero-order valence-electron chi connectivity index (χ0n) is 22.5. The Bertz CT molecular complexity index is 1200. The number of alkyl halides is 3. The van der Waals surface area contributed by atoms with Crippen molar-refractivity contribution < 1.29 is 37.3 Å². The first-order valence-corrected chi connectivity index (χ1v) is 12.9. The molecule has 1 aromatic carbocycles. The van der Waals surface area contributed by atoms with Crippen LogP contribution in [0.4, 0.5) is 18.9 Å². The number of nitrogens with one attached hydrogen (secondary N) is 2. The van der Waals surface area contributed by atoms with Crippen molar-refractivity contribution >= 4 is 29.6 Å². The molecule has 0 atom stereocenters. The smallest absolute Gasteiger partial charge is 0.406 e. The molecule has 220 valence electrons.